The quantitative estimate of drug-likeness (QED) is 0.421. The molecule has 2 aromatic rings. The minimum atomic E-state index is 0.382. The van der Waals surface area contributed by atoms with Gasteiger partial charge in [0.2, 0.25) is 0 Å². The van der Waals surface area contributed by atoms with E-state index < -0.39 is 0 Å². The molecule has 4 rings (SSSR count). The number of benzene rings is 2. The van der Waals surface area contributed by atoms with Gasteiger partial charge in [0.1, 0.15) is 0 Å². The van der Waals surface area contributed by atoms with Crippen molar-refractivity contribution < 1.29 is 0 Å². The fourth-order valence-electron chi connectivity index (χ4n) is 2.27. The molecule has 0 amide bonds. The molecule has 2 aromatic carbocycles. The van der Waals surface area contributed by atoms with E-state index in [2.05, 4.69) is 82.5 Å². The molecular weight excluding hydrogens is 347 g/mol. The van der Waals surface area contributed by atoms with Crippen molar-refractivity contribution in [2.75, 3.05) is 0 Å². The van der Waals surface area contributed by atoms with Crippen LogP contribution in [0.5, 0.6) is 0 Å². The molecule has 0 aliphatic carbocycles. The van der Waals surface area contributed by atoms with E-state index in [1.165, 1.54) is 21.6 Å². The Morgan fingerprint density at radius 1 is 0.800 bits per heavy atom. The average molecular weight is 359 g/mol. The Kier molecular flexibility index (Phi) is 3.45. The third kappa shape index (κ3) is 2.25. The molecule has 0 radical (unpaired) electrons. The van der Waals surface area contributed by atoms with Gasteiger partial charge in [-0.25, -0.2) is 0 Å². The van der Waals surface area contributed by atoms with E-state index >= 15 is 0 Å². The van der Waals surface area contributed by atoms with Gasteiger partial charge in [-0.15, -0.1) is 0 Å². The van der Waals surface area contributed by atoms with Gasteiger partial charge < -0.3 is 0 Å². The summed E-state index contributed by atoms with van der Waals surface area (Å²) in [6.45, 7) is 0. The van der Waals surface area contributed by atoms with E-state index in [1.807, 2.05) is 0 Å². The average Bonchev–Trinajstić information content (AvgIpc) is 3.09. The SMILES string of the molecule is C1=C(c2ccccc2)SS2=C1C(c1ccccc1)=C[Se]2. The molecule has 20 heavy (non-hydrogen) atoms. The molecule has 0 aromatic heterocycles. The van der Waals surface area contributed by atoms with E-state index in [4.69, 9.17) is 0 Å². The van der Waals surface area contributed by atoms with Crippen molar-refractivity contribution in [2.24, 2.45) is 0 Å². The van der Waals surface area contributed by atoms with Crippen LogP contribution in [0.1, 0.15) is 11.1 Å². The molecule has 2 heterocycles. The number of hydrogen-bond donors (Lipinski definition) is 0. The van der Waals surface area contributed by atoms with Crippen molar-refractivity contribution in [3.8, 4) is 0 Å². The molecule has 2 aliphatic rings. The van der Waals surface area contributed by atoms with Gasteiger partial charge in [-0.2, -0.15) is 0 Å². The van der Waals surface area contributed by atoms with Crippen molar-refractivity contribution in [3.05, 3.63) is 82.8 Å². The molecule has 0 nitrogen and oxygen atoms in total. The molecule has 0 spiro atoms. The third-order valence-corrected chi connectivity index (χ3v) is 12.3. The van der Waals surface area contributed by atoms with Crippen LogP contribution < -0.4 is 0 Å². The Labute approximate surface area is 130 Å². The Hall–Kier alpha value is -0.991. The summed E-state index contributed by atoms with van der Waals surface area (Å²) in [4.78, 5) is 5.46. The number of allylic oxidation sites excluding steroid dienone is 2. The van der Waals surface area contributed by atoms with Crippen LogP contribution >= 0.6 is 18.7 Å². The molecular formula is C17H12S2Se. The Bertz CT molecular complexity index is 743. The van der Waals surface area contributed by atoms with Crippen LogP contribution in [0.4, 0.5) is 0 Å². The fraction of sp³-hybridized carbons (Fsp3) is 0. The van der Waals surface area contributed by atoms with E-state index in [0.717, 1.165) is 0 Å². The van der Waals surface area contributed by atoms with Crippen molar-refractivity contribution >= 4 is 47.9 Å². The number of hydrogen-bond acceptors (Lipinski definition) is 1. The second-order valence-electron chi connectivity index (χ2n) is 4.55. The predicted octanol–water partition coefficient (Wildman–Crippen LogP) is 4.80. The zero-order valence-corrected chi connectivity index (χ0v) is 14.0. The van der Waals surface area contributed by atoms with E-state index in [1.54, 1.807) is 4.86 Å². The van der Waals surface area contributed by atoms with Gasteiger partial charge in [0.05, 0.1) is 0 Å². The first-order chi connectivity index (χ1) is 9.92. The molecule has 98 valence electrons. The summed E-state index contributed by atoms with van der Waals surface area (Å²) in [6.07, 6.45) is 2.41. The molecule has 0 saturated heterocycles. The van der Waals surface area contributed by atoms with Crippen LogP contribution in [0.25, 0.3) is 10.5 Å². The summed E-state index contributed by atoms with van der Waals surface area (Å²) in [5.74, 6) is 0. The first-order valence-corrected chi connectivity index (χ1v) is 12.0. The summed E-state index contributed by atoms with van der Waals surface area (Å²) in [6, 6.07) is 21.5. The third-order valence-electron chi connectivity index (χ3n) is 3.27. The van der Waals surface area contributed by atoms with Crippen LogP contribution in [0.15, 0.2) is 71.7 Å². The Morgan fingerprint density at radius 2 is 1.45 bits per heavy atom. The topological polar surface area (TPSA) is 0 Å². The van der Waals surface area contributed by atoms with Gasteiger partial charge in [-0.05, 0) is 0 Å². The van der Waals surface area contributed by atoms with Crippen molar-refractivity contribution in [1.29, 1.82) is 0 Å². The summed E-state index contributed by atoms with van der Waals surface area (Å²) < 4.78 is 0. The van der Waals surface area contributed by atoms with E-state index in [9.17, 15) is 0 Å². The first-order valence-electron chi connectivity index (χ1n) is 6.41. The summed E-state index contributed by atoms with van der Waals surface area (Å²) in [5.41, 5.74) is 4.19. The summed E-state index contributed by atoms with van der Waals surface area (Å²) in [5, 5.41) is 0. The minimum absolute atomic E-state index is 0.382. The summed E-state index contributed by atoms with van der Waals surface area (Å²) >= 11 is 0.595. The molecule has 3 heteroatoms. The molecule has 1 unspecified atom stereocenters. The zero-order valence-electron chi connectivity index (χ0n) is 10.7. The maximum absolute atomic E-state index is 2.46. The van der Waals surface area contributed by atoms with Crippen LogP contribution in [-0.4, -0.2) is 18.7 Å². The zero-order chi connectivity index (χ0) is 13.4. The van der Waals surface area contributed by atoms with Crippen molar-refractivity contribution in [2.45, 2.75) is 0 Å². The van der Waals surface area contributed by atoms with Crippen molar-refractivity contribution in [3.63, 3.8) is 0 Å². The van der Waals surface area contributed by atoms with Gasteiger partial charge in [0.25, 0.3) is 0 Å². The normalized spacial score (nSPS) is 20.6. The van der Waals surface area contributed by atoms with Gasteiger partial charge in [0, 0.05) is 0 Å². The second kappa shape index (κ2) is 5.42. The Morgan fingerprint density at radius 3 is 2.15 bits per heavy atom. The van der Waals surface area contributed by atoms with Crippen LogP contribution in [0.2, 0.25) is 0 Å². The molecule has 0 bridgehead atoms. The van der Waals surface area contributed by atoms with Gasteiger partial charge >= 0.3 is 131 Å². The van der Waals surface area contributed by atoms with Gasteiger partial charge in [0.15, 0.2) is 0 Å². The van der Waals surface area contributed by atoms with Gasteiger partial charge in [-0.1, -0.05) is 0 Å². The van der Waals surface area contributed by atoms with Crippen LogP contribution in [0, 0.1) is 0 Å². The summed E-state index contributed by atoms with van der Waals surface area (Å²) in [7, 11) is 2.44. The molecule has 0 saturated carbocycles. The van der Waals surface area contributed by atoms with Crippen LogP contribution in [-0.2, 0) is 0 Å². The molecule has 1 atom stereocenters. The second-order valence-corrected chi connectivity index (χ2v) is 13.0. The molecule has 0 fully saturated rings. The van der Waals surface area contributed by atoms with E-state index in [-0.39, 0.29) is 0 Å². The van der Waals surface area contributed by atoms with Crippen LogP contribution in [0.3, 0.4) is 0 Å². The Balaban J connectivity index is 1.70. The fourth-order valence-corrected chi connectivity index (χ4v) is 11.7. The van der Waals surface area contributed by atoms with Crippen molar-refractivity contribution in [1.82, 2.24) is 0 Å². The standard InChI is InChI=1S/C17H12S2Se/c1-3-7-13(8-4-1)15-12-20-19-17(15)11-16(18-19)14-9-5-2-6-10-14/h1-12H. The molecule has 0 N–H and O–H groups in total. The maximum atomic E-state index is 2.46. The molecule has 2 aliphatic heterocycles. The number of rotatable bonds is 2. The predicted molar refractivity (Wildman–Crippen MR) is 94.8 cm³/mol. The first kappa shape index (κ1) is 12.7. The van der Waals surface area contributed by atoms with E-state index in [0.29, 0.717) is 21.8 Å². The van der Waals surface area contributed by atoms with Gasteiger partial charge in [-0.3, -0.25) is 0 Å². The monoisotopic (exact) mass is 360 g/mol.